The number of halogens is 1. The van der Waals surface area contributed by atoms with E-state index in [1.807, 2.05) is 26.1 Å². The molecule has 0 amide bonds. The van der Waals surface area contributed by atoms with Crippen molar-refractivity contribution in [1.29, 1.82) is 0 Å². The summed E-state index contributed by atoms with van der Waals surface area (Å²) in [5.74, 6) is 0.00444. The van der Waals surface area contributed by atoms with Gasteiger partial charge < -0.3 is 0 Å². The number of rotatable bonds is 3. The van der Waals surface area contributed by atoms with Gasteiger partial charge in [-0.25, -0.2) is 0 Å². The summed E-state index contributed by atoms with van der Waals surface area (Å²) >= 11 is 3.49. The Bertz CT molecular complexity index is 836. The molecule has 0 N–H and O–H groups in total. The summed E-state index contributed by atoms with van der Waals surface area (Å²) < 4.78 is 2.61. The SMILES string of the molecule is Cc1nn(C)c(CC(=O)c2cccc3nccnc23)c1Br. The number of hydrogen-bond donors (Lipinski definition) is 0. The molecule has 0 bridgehead atoms. The largest absolute Gasteiger partial charge is 0.294 e. The van der Waals surface area contributed by atoms with Crippen LogP contribution >= 0.6 is 15.9 Å². The van der Waals surface area contributed by atoms with Crippen LogP contribution in [0.1, 0.15) is 21.7 Å². The van der Waals surface area contributed by atoms with Gasteiger partial charge in [0, 0.05) is 25.0 Å². The van der Waals surface area contributed by atoms with Crippen molar-refractivity contribution in [2.24, 2.45) is 7.05 Å². The number of fused-ring (bicyclic) bond motifs is 1. The van der Waals surface area contributed by atoms with Gasteiger partial charge in [0.25, 0.3) is 0 Å². The lowest BCUT2D eigenvalue weighted by atomic mass is 10.0. The molecule has 2 heterocycles. The fourth-order valence-electron chi connectivity index (χ4n) is 2.34. The Kier molecular flexibility index (Phi) is 3.55. The molecule has 0 unspecified atom stereocenters. The Morgan fingerprint density at radius 2 is 2.05 bits per heavy atom. The van der Waals surface area contributed by atoms with E-state index in [1.165, 1.54) is 0 Å². The number of nitrogens with zero attached hydrogens (tertiary/aromatic N) is 4. The van der Waals surface area contributed by atoms with Crippen molar-refractivity contribution in [2.45, 2.75) is 13.3 Å². The van der Waals surface area contributed by atoms with Crippen LogP contribution < -0.4 is 0 Å². The summed E-state index contributed by atoms with van der Waals surface area (Å²) in [5, 5.41) is 4.31. The van der Waals surface area contributed by atoms with Gasteiger partial charge in [0.1, 0.15) is 0 Å². The molecule has 21 heavy (non-hydrogen) atoms. The standard InChI is InChI=1S/C15H13BrN4O/c1-9-14(16)12(20(2)19-9)8-13(21)10-4-3-5-11-15(10)18-7-6-17-11/h3-7H,8H2,1-2H3. The van der Waals surface area contributed by atoms with Crippen molar-refractivity contribution in [2.75, 3.05) is 0 Å². The van der Waals surface area contributed by atoms with Gasteiger partial charge >= 0.3 is 0 Å². The van der Waals surface area contributed by atoms with E-state index in [9.17, 15) is 4.79 Å². The summed E-state index contributed by atoms with van der Waals surface area (Å²) in [7, 11) is 1.84. The van der Waals surface area contributed by atoms with Crippen molar-refractivity contribution < 1.29 is 4.79 Å². The second-order valence-electron chi connectivity index (χ2n) is 4.80. The Morgan fingerprint density at radius 3 is 2.76 bits per heavy atom. The van der Waals surface area contributed by atoms with E-state index in [0.29, 0.717) is 11.1 Å². The van der Waals surface area contributed by atoms with Crippen molar-refractivity contribution in [3.05, 3.63) is 52.0 Å². The lowest BCUT2D eigenvalue weighted by Gasteiger charge is -2.05. The zero-order valence-electron chi connectivity index (χ0n) is 11.7. The van der Waals surface area contributed by atoms with Crippen LogP contribution in [0.2, 0.25) is 0 Å². The van der Waals surface area contributed by atoms with Gasteiger partial charge in [-0.1, -0.05) is 6.07 Å². The number of para-hydroxylation sites is 1. The molecule has 0 fully saturated rings. The third kappa shape index (κ3) is 2.47. The minimum Gasteiger partial charge on any atom is -0.294 e. The maximum atomic E-state index is 12.6. The molecule has 0 radical (unpaired) electrons. The van der Waals surface area contributed by atoms with Crippen molar-refractivity contribution >= 4 is 32.7 Å². The highest BCUT2D eigenvalue weighted by Crippen LogP contribution is 2.23. The predicted molar refractivity (Wildman–Crippen MR) is 83.2 cm³/mol. The fraction of sp³-hybridized carbons (Fsp3) is 0.200. The summed E-state index contributed by atoms with van der Waals surface area (Å²) in [6.45, 7) is 1.90. The van der Waals surface area contributed by atoms with Crippen molar-refractivity contribution in [3.63, 3.8) is 0 Å². The third-order valence-electron chi connectivity index (χ3n) is 3.39. The summed E-state index contributed by atoms with van der Waals surface area (Å²) in [4.78, 5) is 21.1. The first-order valence-corrected chi connectivity index (χ1v) is 7.28. The van der Waals surface area contributed by atoms with E-state index in [1.54, 1.807) is 23.1 Å². The van der Waals surface area contributed by atoms with Gasteiger partial charge in [-0.3, -0.25) is 19.4 Å². The number of aryl methyl sites for hydroxylation is 2. The van der Waals surface area contributed by atoms with E-state index in [2.05, 4.69) is 31.0 Å². The highest BCUT2D eigenvalue weighted by molar-refractivity contribution is 9.10. The van der Waals surface area contributed by atoms with Crippen LogP contribution in [0.5, 0.6) is 0 Å². The number of benzene rings is 1. The molecule has 0 saturated carbocycles. The lowest BCUT2D eigenvalue weighted by molar-refractivity contribution is 0.0992. The summed E-state index contributed by atoms with van der Waals surface area (Å²) in [5.41, 5.74) is 3.69. The van der Waals surface area contributed by atoms with E-state index < -0.39 is 0 Å². The van der Waals surface area contributed by atoms with Crippen LogP contribution in [0, 0.1) is 6.92 Å². The topological polar surface area (TPSA) is 60.7 Å². The molecule has 0 aliphatic rings. The minimum atomic E-state index is 0.00444. The predicted octanol–water partition coefficient (Wildman–Crippen LogP) is 2.86. The van der Waals surface area contributed by atoms with Gasteiger partial charge in [0.2, 0.25) is 0 Å². The highest BCUT2D eigenvalue weighted by atomic mass is 79.9. The van der Waals surface area contributed by atoms with Gasteiger partial charge in [-0.2, -0.15) is 5.10 Å². The number of carbonyl (C=O) groups is 1. The van der Waals surface area contributed by atoms with Gasteiger partial charge in [-0.15, -0.1) is 0 Å². The molecule has 3 aromatic rings. The first-order chi connectivity index (χ1) is 10.1. The van der Waals surface area contributed by atoms with E-state index in [0.717, 1.165) is 21.4 Å². The Hall–Kier alpha value is -2.08. The van der Waals surface area contributed by atoms with Crippen molar-refractivity contribution in [1.82, 2.24) is 19.7 Å². The van der Waals surface area contributed by atoms with Crippen LogP contribution in [-0.4, -0.2) is 25.5 Å². The average Bonchev–Trinajstić information content (AvgIpc) is 2.73. The number of ketones is 1. The first-order valence-electron chi connectivity index (χ1n) is 6.49. The molecule has 2 aromatic heterocycles. The normalized spacial score (nSPS) is 11.0. The van der Waals surface area contributed by atoms with Crippen molar-refractivity contribution in [3.8, 4) is 0 Å². The molecule has 106 valence electrons. The molecule has 3 rings (SSSR count). The quantitative estimate of drug-likeness (QED) is 0.685. The Labute approximate surface area is 130 Å². The number of aromatic nitrogens is 4. The highest BCUT2D eigenvalue weighted by Gasteiger charge is 2.17. The van der Waals surface area contributed by atoms with Crippen LogP contribution in [0.25, 0.3) is 11.0 Å². The fourth-order valence-corrected chi connectivity index (χ4v) is 2.81. The molecule has 0 aliphatic carbocycles. The van der Waals surface area contributed by atoms with Gasteiger partial charge in [-0.05, 0) is 35.0 Å². The van der Waals surface area contributed by atoms with Crippen LogP contribution in [0.3, 0.4) is 0 Å². The second-order valence-corrected chi connectivity index (χ2v) is 5.59. The average molecular weight is 345 g/mol. The second kappa shape index (κ2) is 5.37. The molecule has 5 nitrogen and oxygen atoms in total. The Morgan fingerprint density at radius 1 is 1.29 bits per heavy atom. The molecule has 6 heteroatoms. The molecule has 1 aromatic carbocycles. The maximum absolute atomic E-state index is 12.6. The zero-order valence-corrected chi connectivity index (χ0v) is 13.3. The first kappa shape index (κ1) is 13.9. The smallest absolute Gasteiger partial charge is 0.171 e. The summed E-state index contributed by atoms with van der Waals surface area (Å²) in [6.07, 6.45) is 3.49. The van der Waals surface area contributed by atoms with Gasteiger partial charge in [0.15, 0.2) is 5.78 Å². The molecule has 0 saturated heterocycles. The third-order valence-corrected chi connectivity index (χ3v) is 4.42. The molecular formula is C15H13BrN4O. The number of carbonyl (C=O) groups excluding carboxylic acids is 1. The zero-order chi connectivity index (χ0) is 15.0. The maximum Gasteiger partial charge on any atom is 0.171 e. The number of Topliss-reactive ketones (excluding diaryl/α,β-unsaturated/α-hetero) is 1. The van der Waals surface area contributed by atoms with Gasteiger partial charge in [0.05, 0.1) is 33.3 Å². The molecular weight excluding hydrogens is 332 g/mol. The van der Waals surface area contributed by atoms with Crippen LogP contribution in [-0.2, 0) is 13.5 Å². The minimum absolute atomic E-state index is 0.00444. The molecule has 0 spiro atoms. The van der Waals surface area contributed by atoms with Crippen LogP contribution in [0.15, 0.2) is 35.1 Å². The lowest BCUT2D eigenvalue weighted by Crippen LogP contribution is -2.09. The molecule has 0 atom stereocenters. The van der Waals surface area contributed by atoms with Crippen LogP contribution in [0.4, 0.5) is 0 Å². The van der Waals surface area contributed by atoms with E-state index in [-0.39, 0.29) is 12.2 Å². The molecule has 0 aliphatic heterocycles. The van der Waals surface area contributed by atoms with E-state index in [4.69, 9.17) is 0 Å². The number of hydrogen-bond acceptors (Lipinski definition) is 4. The monoisotopic (exact) mass is 344 g/mol. The summed E-state index contributed by atoms with van der Waals surface area (Å²) in [6, 6.07) is 5.47. The Balaban J connectivity index is 2.02. The van der Waals surface area contributed by atoms with E-state index >= 15 is 0 Å².